The maximum absolute atomic E-state index is 6.22. The molecule has 0 aliphatic carbocycles. The monoisotopic (exact) mass is 883 g/mol. The molecule has 0 bridgehead atoms. The Balaban J connectivity index is 0.00000338. The summed E-state index contributed by atoms with van der Waals surface area (Å²) < 4.78 is 13.7. The van der Waals surface area contributed by atoms with Gasteiger partial charge in [0.05, 0.1) is 17.4 Å². The van der Waals surface area contributed by atoms with Crippen LogP contribution >= 0.6 is 19.4 Å². The first-order valence-electron chi connectivity index (χ1n) is 17.0. The first kappa shape index (κ1) is 31.5. The second kappa shape index (κ2) is 12.5. The second-order valence-corrected chi connectivity index (χ2v) is 16.2. The molecule has 0 N–H and O–H groups in total. The van der Waals surface area contributed by atoms with Crippen LogP contribution in [0.25, 0.3) is 80.8 Å². The number of hydrogen-bond acceptors (Lipinski definition) is 2. The van der Waals surface area contributed by atoms with Crippen molar-refractivity contribution in [2.75, 3.05) is 0 Å². The van der Waals surface area contributed by atoms with Crippen LogP contribution in [0.3, 0.4) is 0 Å². The fourth-order valence-corrected chi connectivity index (χ4v) is 11.8. The Morgan fingerprint density at radius 3 is 2.04 bits per heavy atom. The minimum absolute atomic E-state index is 0. The third-order valence-electron chi connectivity index (χ3n) is 9.98. The van der Waals surface area contributed by atoms with E-state index in [0.29, 0.717) is 0 Å². The third-order valence-corrected chi connectivity index (χ3v) is 13.8. The van der Waals surface area contributed by atoms with E-state index in [4.69, 9.17) is 4.42 Å². The maximum atomic E-state index is 6.22. The summed E-state index contributed by atoms with van der Waals surface area (Å²) in [6, 6.07) is 65.2. The number of nitrogens with zero attached hydrogens (tertiary/aromatic N) is 2. The summed E-state index contributed by atoms with van der Waals surface area (Å²) in [6.45, 7) is 0. The smallest absolute Gasteiger partial charge is 0.506 e. The van der Waals surface area contributed by atoms with Crippen LogP contribution in [0, 0.1) is 18.2 Å². The summed E-state index contributed by atoms with van der Waals surface area (Å²) in [6.07, 6.45) is 1.87. The van der Waals surface area contributed by atoms with Crippen LogP contribution in [0.5, 0.6) is 0 Å². The number of fused-ring (bicyclic) bond motifs is 9. The summed E-state index contributed by atoms with van der Waals surface area (Å²) in [7, 11) is -1.46. The van der Waals surface area contributed by atoms with Crippen molar-refractivity contribution in [1.82, 2.24) is 8.90 Å². The van der Waals surface area contributed by atoms with Crippen molar-refractivity contribution in [3.05, 3.63) is 176 Å². The van der Waals surface area contributed by atoms with Gasteiger partial charge >= 0.3 is 22.4 Å². The van der Waals surface area contributed by atoms with E-state index in [1.807, 2.05) is 41.9 Å². The SMILES string of the molecule is [Au+3].[c-]1ccccc1-c1[c-]c2c(-n3c4[c-]c5c(cc4c4ccccc43)sc3c4ccccc4n([PH+](c4ccccc4)c4ccccc4)c53)coc2cc1. The van der Waals surface area contributed by atoms with Crippen molar-refractivity contribution in [3.8, 4) is 16.8 Å². The summed E-state index contributed by atoms with van der Waals surface area (Å²) in [5, 5.41) is 8.43. The molecule has 0 aliphatic heterocycles. The molecule has 0 fully saturated rings. The minimum Gasteiger partial charge on any atom is -0.506 e. The van der Waals surface area contributed by atoms with Crippen molar-refractivity contribution < 1.29 is 26.8 Å². The number of rotatable bonds is 5. The van der Waals surface area contributed by atoms with Gasteiger partial charge in [-0.25, -0.2) is 9.90 Å². The van der Waals surface area contributed by atoms with E-state index in [2.05, 4.69) is 154 Å². The van der Waals surface area contributed by atoms with E-state index in [-0.39, 0.29) is 22.4 Å². The predicted molar refractivity (Wildman–Crippen MR) is 217 cm³/mol. The van der Waals surface area contributed by atoms with Crippen LogP contribution in [-0.2, 0) is 22.4 Å². The Bertz CT molecular complexity index is 3050. The average molecular weight is 884 g/mol. The van der Waals surface area contributed by atoms with E-state index in [9.17, 15) is 0 Å². The number of hydrogen-bond donors (Lipinski definition) is 0. The van der Waals surface area contributed by atoms with E-state index < -0.39 is 8.07 Å². The van der Waals surface area contributed by atoms with Gasteiger partial charge in [0.25, 0.3) is 0 Å². The fraction of sp³-hybridized carbons (Fsp3) is 0. The molecule has 6 heteroatoms. The van der Waals surface area contributed by atoms with Gasteiger partial charge in [-0.2, -0.15) is 53.3 Å². The molecule has 11 rings (SSSR count). The number of thiophene rings is 1. The number of para-hydroxylation sites is 2. The molecule has 11 aromatic rings. The molecule has 0 spiro atoms. The quantitative estimate of drug-likeness (QED) is 0.0959. The van der Waals surface area contributed by atoms with Crippen LogP contribution in [0.15, 0.2) is 162 Å². The van der Waals surface area contributed by atoms with Gasteiger partial charge in [0.2, 0.25) is 0 Å². The van der Waals surface area contributed by atoms with Crippen LogP contribution in [0.1, 0.15) is 0 Å². The van der Waals surface area contributed by atoms with Crippen molar-refractivity contribution in [2.45, 2.75) is 0 Å². The summed E-state index contributed by atoms with van der Waals surface area (Å²) in [4.78, 5) is 0. The van der Waals surface area contributed by atoms with Gasteiger partial charge in [-0.1, -0.05) is 94.3 Å². The molecular weight excluding hydrogens is 857 g/mol. The molecule has 4 aromatic heterocycles. The first-order chi connectivity index (χ1) is 25.3. The van der Waals surface area contributed by atoms with E-state index >= 15 is 0 Å². The molecular formula is C46H27AuN2OPS+. The molecule has 0 saturated heterocycles. The van der Waals surface area contributed by atoms with Crippen LogP contribution < -0.4 is 10.6 Å². The first-order valence-corrected chi connectivity index (χ1v) is 19.3. The standard InChI is InChI=1S/C46H26N2OPS.Au/c1-4-14-30(15-5-1)31-24-25-43-37(26-31)42(29-49-43)47-39-22-12-10-20-34(39)36-28-44-38(27-41(36)47)45-46(51-44)35-21-11-13-23-40(35)48(45)50(32-16-6-2-7-17-32)33-18-8-3-9-19-33;/h1-14,16-25,28-29H;/q-3;+3/p+1. The second-order valence-electron chi connectivity index (χ2n) is 12.8. The van der Waals surface area contributed by atoms with Crippen molar-refractivity contribution >= 4 is 94.0 Å². The van der Waals surface area contributed by atoms with E-state index in [0.717, 1.165) is 44.2 Å². The molecule has 52 heavy (non-hydrogen) atoms. The number of benzene rings is 7. The molecule has 0 amide bonds. The molecule has 0 atom stereocenters. The van der Waals surface area contributed by atoms with E-state index in [1.165, 1.54) is 47.2 Å². The Hall–Kier alpha value is -5.19. The Labute approximate surface area is 320 Å². The topological polar surface area (TPSA) is 23.0 Å². The minimum atomic E-state index is -1.46. The van der Waals surface area contributed by atoms with E-state index in [1.54, 1.807) is 0 Å². The van der Waals surface area contributed by atoms with Crippen molar-refractivity contribution in [3.63, 3.8) is 0 Å². The molecule has 4 heterocycles. The van der Waals surface area contributed by atoms with Gasteiger partial charge in [-0.15, -0.1) is 23.6 Å². The molecule has 0 radical (unpaired) electrons. The Morgan fingerprint density at radius 2 is 1.29 bits per heavy atom. The zero-order chi connectivity index (χ0) is 33.5. The van der Waals surface area contributed by atoms with Gasteiger partial charge in [-0.05, 0) is 47.3 Å². The Kier molecular flexibility index (Phi) is 7.58. The zero-order valence-electron chi connectivity index (χ0n) is 27.5. The van der Waals surface area contributed by atoms with Gasteiger partial charge in [0, 0.05) is 26.8 Å². The number of furan rings is 1. The maximum Gasteiger partial charge on any atom is 3.00 e. The molecule has 7 aromatic carbocycles. The molecule has 3 nitrogen and oxygen atoms in total. The van der Waals surface area contributed by atoms with Crippen LogP contribution in [0.4, 0.5) is 0 Å². The normalized spacial score (nSPS) is 11.9. The summed E-state index contributed by atoms with van der Waals surface area (Å²) in [5.41, 5.74) is 8.40. The van der Waals surface area contributed by atoms with Crippen LogP contribution in [-0.4, -0.2) is 8.90 Å². The third kappa shape index (κ3) is 4.73. The molecule has 0 unspecified atom stereocenters. The summed E-state index contributed by atoms with van der Waals surface area (Å²) >= 11 is 1.88. The van der Waals surface area contributed by atoms with Crippen LogP contribution in [0.2, 0.25) is 0 Å². The Morgan fingerprint density at radius 1 is 0.596 bits per heavy atom. The largest absolute Gasteiger partial charge is 3.00 e. The molecule has 0 aliphatic rings. The zero-order valence-corrected chi connectivity index (χ0v) is 31.5. The van der Waals surface area contributed by atoms with Gasteiger partial charge in [0.1, 0.15) is 10.6 Å². The number of aromatic nitrogens is 2. The summed E-state index contributed by atoms with van der Waals surface area (Å²) in [5.74, 6) is 0. The van der Waals surface area contributed by atoms with Gasteiger partial charge in [-0.3, -0.25) is 0 Å². The molecule has 0 saturated carbocycles. The molecule has 248 valence electrons. The van der Waals surface area contributed by atoms with Gasteiger partial charge < -0.3 is 8.98 Å². The fourth-order valence-electron chi connectivity index (χ4n) is 7.75. The van der Waals surface area contributed by atoms with Crippen molar-refractivity contribution in [2.24, 2.45) is 0 Å². The van der Waals surface area contributed by atoms with Gasteiger partial charge in [0.15, 0.2) is 8.07 Å². The predicted octanol–water partition coefficient (Wildman–Crippen LogP) is 11.5. The average Bonchev–Trinajstić information content (AvgIpc) is 3.94. The van der Waals surface area contributed by atoms with Crippen molar-refractivity contribution in [1.29, 1.82) is 0 Å².